The summed E-state index contributed by atoms with van der Waals surface area (Å²) in [5.74, 6) is 0. The first-order valence-electron chi connectivity index (χ1n) is 2.31. The van der Waals surface area contributed by atoms with Crippen LogP contribution in [0.5, 0.6) is 0 Å². The first-order chi connectivity index (χ1) is 2.83. The molecule has 0 saturated heterocycles. The summed E-state index contributed by atoms with van der Waals surface area (Å²) in [4.78, 5) is 0. The van der Waals surface area contributed by atoms with Gasteiger partial charge in [-0.15, -0.1) is 0 Å². The van der Waals surface area contributed by atoms with Gasteiger partial charge in [0.1, 0.15) is 0 Å². The van der Waals surface area contributed by atoms with Crippen molar-refractivity contribution < 1.29 is 0 Å². The molecular formula is C6H14Mg. The summed E-state index contributed by atoms with van der Waals surface area (Å²) >= 11 is 0. The topological polar surface area (TPSA) is 0 Å². The summed E-state index contributed by atoms with van der Waals surface area (Å²) in [7, 11) is 0. The van der Waals surface area contributed by atoms with E-state index >= 15 is 0 Å². The Balaban J connectivity index is -0.0000000400. The summed E-state index contributed by atoms with van der Waals surface area (Å²) in [6, 6.07) is 0. The molecule has 0 atom stereocenters. The fourth-order valence-electron chi connectivity index (χ4n) is 0. The Bertz CT molecular complexity index is 6.14. The molecule has 1 heteroatoms. The van der Waals surface area contributed by atoms with E-state index in [9.17, 15) is 0 Å². The van der Waals surface area contributed by atoms with E-state index in [0.29, 0.717) is 0 Å². The van der Waals surface area contributed by atoms with Gasteiger partial charge < -0.3 is 12.8 Å². The Hall–Kier alpha value is 0.766. The van der Waals surface area contributed by atoms with Crippen LogP contribution in [0.3, 0.4) is 0 Å². The molecular weight excluding hydrogens is 96.4 g/mol. The van der Waals surface area contributed by atoms with Crippen molar-refractivity contribution in [3.8, 4) is 0 Å². The van der Waals surface area contributed by atoms with Gasteiger partial charge in [0.15, 0.2) is 0 Å². The van der Waals surface area contributed by atoms with Crippen LogP contribution in [-0.4, -0.2) is 23.1 Å². The maximum atomic E-state index is 2.00. The molecule has 0 aliphatic carbocycles. The Morgan fingerprint density at radius 1 is 0.714 bits per heavy atom. The van der Waals surface area contributed by atoms with Crippen LogP contribution in [-0.2, 0) is 0 Å². The van der Waals surface area contributed by atoms with Gasteiger partial charge in [-0.25, -0.2) is 0 Å². The molecule has 0 amide bonds. The molecule has 0 aromatic carbocycles. The third-order valence-electron chi connectivity index (χ3n) is 0. The molecule has 0 heterocycles. The molecule has 0 aliphatic rings. The number of hydrogen-bond donors (Lipinski definition) is 0. The van der Waals surface area contributed by atoms with Gasteiger partial charge in [0.25, 0.3) is 0 Å². The summed E-state index contributed by atoms with van der Waals surface area (Å²) in [6.45, 7) is 8.00. The summed E-state index contributed by atoms with van der Waals surface area (Å²) < 4.78 is 0. The third kappa shape index (κ3) is 262. The average Bonchev–Trinajstić information content (AvgIpc) is 1.39. The summed E-state index contributed by atoms with van der Waals surface area (Å²) in [5, 5.41) is 0. The van der Waals surface area contributed by atoms with Crippen LogP contribution in [0.15, 0.2) is 0 Å². The van der Waals surface area contributed by atoms with Crippen LogP contribution in [0.2, 0.25) is 0 Å². The predicted molar refractivity (Wildman–Crippen MR) is 37.0 cm³/mol. The Labute approximate surface area is 63.8 Å². The molecule has 0 saturated carbocycles. The van der Waals surface area contributed by atoms with Crippen molar-refractivity contribution in [2.75, 3.05) is 0 Å². The van der Waals surface area contributed by atoms with Gasteiger partial charge in [0.2, 0.25) is 0 Å². The fourth-order valence-corrected chi connectivity index (χ4v) is 0. The van der Waals surface area contributed by atoms with Crippen LogP contribution in [0, 0.1) is 12.8 Å². The number of hydrogen-bond acceptors (Lipinski definition) is 0. The minimum absolute atomic E-state index is 0. The molecule has 0 nitrogen and oxygen atoms in total. The van der Waals surface area contributed by atoms with Gasteiger partial charge in [-0.2, -0.15) is 27.7 Å². The molecule has 0 spiro atoms. The quantitative estimate of drug-likeness (QED) is 0.331. The maximum absolute atomic E-state index is 2.00. The minimum Gasteiger partial charge on any atom is -0.335 e. The van der Waals surface area contributed by atoms with Crippen LogP contribution >= 0.6 is 0 Å². The third-order valence-corrected chi connectivity index (χ3v) is 0. The second-order valence-corrected chi connectivity index (χ2v) is 1.15. The zero-order valence-corrected chi connectivity index (χ0v) is 7.28. The molecule has 0 radical (unpaired) electrons. The van der Waals surface area contributed by atoms with Gasteiger partial charge in [-0.3, -0.25) is 0 Å². The van der Waals surface area contributed by atoms with Gasteiger partial charge in [-0.1, -0.05) is 0 Å². The molecule has 0 bridgehead atoms. The van der Waals surface area contributed by atoms with E-state index in [-0.39, 0.29) is 23.1 Å². The first-order valence-corrected chi connectivity index (χ1v) is 2.31. The number of rotatable bonds is 0. The minimum atomic E-state index is 0. The SMILES string of the molecule is C[CH-]C.C[CH-]C.[Mg+2]. The summed E-state index contributed by atoms with van der Waals surface area (Å²) in [6.07, 6.45) is 4.00. The van der Waals surface area contributed by atoms with E-state index in [2.05, 4.69) is 0 Å². The molecule has 40 valence electrons. The molecule has 0 unspecified atom stereocenters. The molecule has 0 rings (SSSR count). The van der Waals surface area contributed by atoms with Crippen molar-refractivity contribution in [2.24, 2.45) is 0 Å². The van der Waals surface area contributed by atoms with E-state index in [4.69, 9.17) is 0 Å². The Morgan fingerprint density at radius 2 is 0.714 bits per heavy atom. The van der Waals surface area contributed by atoms with Crippen molar-refractivity contribution in [1.82, 2.24) is 0 Å². The normalized spacial score (nSPS) is 5.14. The van der Waals surface area contributed by atoms with E-state index in [0.717, 1.165) is 0 Å². The van der Waals surface area contributed by atoms with Crippen molar-refractivity contribution in [1.29, 1.82) is 0 Å². The Kier molecular flexibility index (Phi) is 65.7. The predicted octanol–water partition coefficient (Wildman–Crippen LogP) is 2.08. The van der Waals surface area contributed by atoms with Crippen molar-refractivity contribution in [2.45, 2.75) is 27.7 Å². The maximum Gasteiger partial charge on any atom is 2.00 e. The largest absolute Gasteiger partial charge is 2.00 e. The molecule has 7 heavy (non-hydrogen) atoms. The average molecular weight is 110 g/mol. The van der Waals surface area contributed by atoms with E-state index in [1.54, 1.807) is 0 Å². The monoisotopic (exact) mass is 110 g/mol. The summed E-state index contributed by atoms with van der Waals surface area (Å²) in [5.41, 5.74) is 0. The molecule has 0 fully saturated rings. The molecule has 0 aliphatic heterocycles. The zero-order chi connectivity index (χ0) is 5.41. The van der Waals surface area contributed by atoms with Gasteiger partial charge in [0, 0.05) is 0 Å². The van der Waals surface area contributed by atoms with Crippen molar-refractivity contribution in [3.63, 3.8) is 0 Å². The molecule has 0 N–H and O–H groups in total. The van der Waals surface area contributed by atoms with E-state index < -0.39 is 0 Å². The van der Waals surface area contributed by atoms with Gasteiger partial charge in [0.05, 0.1) is 0 Å². The van der Waals surface area contributed by atoms with E-state index in [1.165, 1.54) is 0 Å². The zero-order valence-electron chi connectivity index (χ0n) is 5.86. The smallest absolute Gasteiger partial charge is 0.335 e. The molecule has 0 aromatic heterocycles. The van der Waals surface area contributed by atoms with Crippen LogP contribution in [0.25, 0.3) is 0 Å². The van der Waals surface area contributed by atoms with Gasteiger partial charge >= 0.3 is 23.1 Å². The second kappa shape index (κ2) is 29.4. The van der Waals surface area contributed by atoms with Crippen molar-refractivity contribution in [3.05, 3.63) is 12.8 Å². The van der Waals surface area contributed by atoms with Crippen LogP contribution in [0.4, 0.5) is 0 Å². The van der Waals surface area contributed by atoms with Crippen LogP contribution in [0.1, 0.15) is 27.7 Å². The standard InChI is InChI=1S/2C3H7.Mg/c2*1-3-2;/h2*3H,1-2H3;/q2*-1;+2. The van der Waals surface area contributed by atoms with E-state index in [1.807, 2.05) is 40.5 Å². The second-order valence-electron chi connectivity index (χ2n) is 1.15. The first kappa shape index (κ1) is 15.7. The van der Waals surface area contributed by atoms with Gasteiger partial charge in [-0.05, 0) is 0 Å². The fraction of sp³-hybridized carbons (Fsp3) is 0.667. The Morgan fingerprint density at radius 3 is 0.714 bits per heavy atom. The molecule has 0 aromatic rings. The van der Waals surface area contributed by atoms with Crippen LogP contribution < -0.4 is 0 Å². The van der Waals surface area contributed by atoms with Crippen molar-refractivity contribution >= 4 is 23.1 Å².